The number of rotatable bonds is 5. The van der Waals surface area contributed by atoms with Crippen LogP contribution in [0.1, 0.15) is 29.8 Å². The molecule has 4 nitrogen and oxygen atoms in total. The molecule has 0 saturated heterocycles. The molecule has 0 bridgehead atoms. The van der Waals surface area contributed by atoms with E-state index < -0.39 is 13.3 Å². The second-order valence-corrected chi connectivity index (χ2v) is 6.34. The Labute approximate surface area is 107 Å². The molecule has 0 radical (unpaired) electrons. The molecule has 0 heterocycles. The topological polar surface area (TPSA) is 52.6 Å². The number of carbonyl (C=O) groups is 1. The van der Waals surface area contributed by atoms with Crippen LogP contribution in [0, 0.1) is 0 Å². The lowest BCUT2D eigenvalue weighted by molar-refractivity contribution is 0.0980. The van der Waals surface area contributed by atoms with Gasteiger partial charge in [0.05, 0.1) is 13.2 Å². The Hall–Kier alpha value is -0.960. The Morgan fingerprint density at radius 3 is 2.39 bits per heavy atom. The lowest BCUT2D eigenvalue weighted by Gasteiger charge is -2.21. The van der Waals surface area contributed by atoms with Crippen LogP contribution in [-0.2, 0) is 20.0 Å². The van der Waals surface area contributed by atoms with Crippen molar-refractivity contribution in [3.63, 3.8) is 0 Å². The zero-order valence-electron chi connectivity index (χ0n) is 10.6. The van der Waals surface area contributed by atoms with E-state index in [0.29, 0.717) is 12.0 Å². The molecule has 0 aromatic heterocycles. The van der Waals surface area contributed by atoms with Crippen molar-refractivity contribution in [3.8, 4) is 0 Å². The highest BCUT2D eigenvalue weighted by molar-refractivity contribution is 7.55. The Kier molecular flexibility index (Phi) is 4.00. The second-order valence-electron chi connectivity index (χ2n) is 4.12. The summed E-state index contributed by atoms with van der Waals surface area (Å²) < 4.78 is 23.2. The zero-order chi connectivity index (χ0) is 13.2. The Bertz CT molecular complexity index is 488. The summed E-state index contributed by atoms with van der Waals surface area (Å²) in [6.45, 7) is 4.05. The van der Waals surface area contributed by atoms with E-state index in [1.54, 1.807) is 19.9 Å². The number of hydrogen-bond acceptors (Lipinski definition) is 4. The third kappa shape index (κ3) is 2.28. The summed E-state index contributed by atoms with van der Waals surface area (Å²) in [7, 11) is -3.36. The molecule has 0 aliphatic heterocycles. The molecule has 0 spiro atoms. The summed E-state index contributed by atoms with van der Waals surface area (Å²) in [5, 5.41) is 0. The lowest BCUT2D eigenvalue weighted by Crippen LogP contribution is -2.19. The molecule has 1 aliphatic rings. The standard InChI is InChI=1S/C13H17O4P/c1-3-16-18(15,17-4-2)12-9-10-7-5-6-8-11(10)13(12)14/h5-8,12H,3-4,9H2,1-2H3/t12-/m0/s1. The molecule has 1 aliphatic carbocycles. The minimum Gasteiger partial charge on any atom is -0.308 e. The fraction of sp³-hybridized carbons (Fsp3) is 0.462. The molecule has 0 saturated carbocycles. The number of carbonyl (C=O) groups excluding carboxylic acids is 1. The second kappa shape index (κ2) is 5.35. The van der Waals surface area contributed by atoms with E-state index in [1.165, 1.54) is 0 Å². The van der Waals surface area contributed by atoms with Gasteiger partial charge in [-0.15, -0.1) is 0 Å². The van der Waals surface area contributed by atoms with Crippen molar-refractivity contribution in [2.45, 2.75) is 25.9 Å². The third-order valence-corrected chi connectivity index (χ3v) is 5.42. The average molecular weight is 268 g/mol. The fourth-order valence-electron chi connectivity index (χ4n) is 2.25. The van der Waals surface area contributed by atoms with Gasteiger partial charge in [0.15, 0.2) is 5.78 Å². The summed E-state index contributed by atoms with van der Waals surface area (Å²) >= 11 is 0. The van der Waals surface area contributed by atoms with Gasteiger partial charge in [-0.2, -0.15) is 0 Å². The molecule has 0 N–H and O–H groups in total. The van der Waals surface area contributed by atoms with Gasteiger partial charge < -0.3 is 9.05 Å². The van der Waals surface area contributed by atoms with Crippen LogP contribution in [0.25, 0.3) is 0 Å². The molecule has 5 heteroatoms. The minimum absolute atomic E-state index is 0.129. The quantitative estimate of drug-likeness (QED) is 0.770. The van der Waals surface area contributed by atoms with Crippen LogP contribution in [0.15, 0.2) is 24.3 Å². The van der Waals surface area contributed by atoms with Gasteiger partial charge in [-0.1, -0.05) is 24.3 Å². The maximum Gasteiger partial charge on any atom is 0.341 e. The van der Waals surface area contributed by atoms with Gasteiger partial charge in [0.1, 0.15) is 5.66 Å². The highest BCUT2D eigenvalue weighted by Gasteiger charge is 2.45. The van der Waals surface area contributed by atoms with Crippen molar-refractivity contribution in [1.29, 1.82) is 0 Å². The Morgan fingerprint density at radius 1 is 1.22 bits per heavy atom. The Morgan fingerprint density at radius 2 is 1.83 bits per heavy atom. The number of benzene rings is 1. The lowest BCUT2D eigenvalue weighted by atomic mass is 10.1. The number of fused-ring (bicyclic) bond motifs is 1. The summed E-state index contributed by atoms with van der Waals surface area (Å²) in [6, 6.07) is 7.33. The van der Waals surface area contributed by atoms with Crippen molar-refractivity contribution < 1.29 is 18.4 Å². The normalized spacial score (nSPS) is 19.0. The molecule has 0 amide bonds. The van der Waals surface area contributed by atoms with E-state index in [2.05, 4.69) is 0 Å². The van der Waals surface area contributed by atoms with E-state index in [9.17, 15) is 9.36 Å². The summed E-state index contributed by atoms with van der Waals surface area (Å²) in [4.78, 5) is 12.3. The van der Waals surface area contributed by atoms with Crippen molar-refractivity contribution >= 4 is 13.4 Å². The number of Topliss-reactive ketones (excluding diaryl/α,β-unsaturated/α-hetero) is 1. The highest BCUT2D eigenvalue weighted by Crippen LogP contribution is 2.56. The fourth-order valence-corrected chi connectivity index (χ4v) is 4.25. The molecular weight excluding hydrogens is 251 g/mol. The first-order valence-corrected chi connectivity index (χ1v) is 7.74. The molecular formula is C13H17O4P. The van der Waals surface area contributed by atoms with Crippen LogP contribution >= 0.6 is 7.60 Å². The van der Waals surface area contributed by atoms with Gasteiger partial charge in [-0.05, 0) is 25.8 Å². The van der Waals surface area contributed by atoms with Crippen LogP contribution in [0.2, 0.25) is 0 Å². The minimum atomic E-state index is -3.36. The first-order valence-electron chi connectivity index (χ1n) is 6.13. The van der Waals surface area contributed by atoms with Gasteiger partial charge in [0.2, 0.25) is 0 Å². The van der Waals surface area contributed by atoms with Crippen LogP contribution in [0.3, 0.4) is 0 Å². The third-order valence-electron chi connectivity index (χ3n) is 3.00. The van der Waals surface area contributed by atoms with E-state index >= 15 is 0 Å². The molecule has 2 rings (SSSR count). The number of ketones is 1. The smallest absolute Gasteiger partial charge is 0.308 e. The molecule has 1 atom stereocenters. The summed E-state index contributed by atoms with van der Waals surface area (Å²) in [5.74, 6) is -0.129. The first-order chi connectivity index (χ1) is 8.62. The van der Waals surface area contributed by atoms with Crippen LogP contribution in [0.5, 0.6) is 0 Å². The van der Waals surface area contributed by atoms with E-state index in [0.717, 1.165) is 5.56 Å². The largest absolute Gasteiger partial charge is 0.341 e. The predicted octanol–water partition coefficient (Wildman–Crippen LogP) is 3.06. The van der Waals surface area contributed by atoms with Crippen molar-refractivity contribution in [3.05, 3.63) is 35.4 Å². The summed E-state index contributed by atoms with van der Waals surface area (Å²) in [6.07, 6.45) is 0.437. The average Bonchev–Trinajstić information content (AvgIpc) is 2.69. The van der Waals surface area contributed by atoms with Gasteiger partial charge in [-0.3, -0.25) is 9.36 Å². The molecule has 0 unspecified atom stereocenters. The summed E-state index contributed by atoms with van der Waals surface area (Å²) in [5.41, 5.74) is 0.879. The Balaban J connectivity index is 2.31. The van der Waals surface area contributed by atoms with Crippen molar-refractivity contribution in [1.82, 2.24) is 0 Å². The monoisotopic (exact) mass is 268 g/mol. The van der Waals surface area contributed by atoms with Crippen LogP contribution in [-0.4, -0.2) is 24.7 Å². The van der Waals surface area contributed by atoms with Crippen LogP contribution < -0.4 is 0 Å². The van der Waals surface area contributed by atoms with Gasteiger partial charge in [0, 0.05) is 5.56 Å². The highest BCUT2D eigenvalue weighted by atomic mass is 31.2. The van der Waals surface area contributed by atoms with Gasteiger partial charge in [0.25, 0.3) is 0 Å². The van der Waals surface area contributed by atoms with Crippen molar-refractivity contribution in [2.24, 2.45) is 0 Å². The number of hydrogen-bond donors (Lipinski definition) is 0. The first kappa shape index (κ1) is 13.5. The molecule has 1 aromatic rings. The van der Waals surface area contributed by atoms with E-state index in [4.69, 9.17) is 9.05 Å². The van der Waals surface area contributed by atoms with E-state index in [-0.39, 0.29) is 19.0 Å². The van der Waals surface area contributed by atoms with Crippen LogP contribution in [0.4, 0.5) is 0 Å². The van der Waals surface area contributed by atoms with Crippen molar-refractivity contribution in [2.75, 3.05) is 13.2 Å². The maximum absolute atomic E-state index is 12.6. The molecule has 0 fully saturated rings. The maximum atomic E-state index is 12.6. The molecule has 1 aromatic carbocycles. The molecule has 18 heavy (non-hydrogen) atoms. The molecule has 98 valence electrons. The zero-order valence-corrected chi connectivity index (χ0v) is 11.5. The predicted molar refractivity (Wildman–Crippen MR) is 69.1 cm³/mol. The SMILES string of the molecule is CCOP(=O)(OCC)[C@H]1Cc2ccccc2C1=O. The van der Waals surface area contributed by atoms with E-state index in [1.807, 2.05) is 18.2 Å². The van der Waals surface area contributed by atoms with Gasteiger partial charge >= 0.3 is 7.60 Å². The van der Waals surface area contributed by atoms with Gasteiger partial charge in [-0.25, -0.2) is 0 Å².